The second-order valence-electron chi connectivity index (χ2n) is 5.35. The Hall–Kier alpha value is -2.63. The van der Waals surface area contributed by atoms with Crippen LogP contribution >= 0.6 is 0 Å². The molecule has 2 N–H and O–H groups in total. The fourth-order valence-corrected chi connectivity index (χ4v) is 1.94. The molecule has 1 aromatic heterocycles. The van der Waals surface area contributed by atoms with Crippen LogP contribution < -0.4 is 15.4 Å². The average molecular weight is 314 g/mol. The van der Waals surface area contributed by atoms with Crippen LogP contribution in [0.25, 0.3) is 0 Å². The molecular formula is C17H22N4O2. The van der Waals surface area contributed by atoms with E-state index in [0.29, 0.717) is 17.3 Å². The highest BCUT2D eigenvalue weighted by Gasteiger charge is 2.12. The molecule has 0 bridgehead atoms. The lowest BCUT2D eigenvalue weighted by Gasteiger charge is -2.13. The summed E-state index contributed by atoms with van der Waals surface area (Å²) in [6, 6.07) is 9.05. The van der Waals surface area contributed by atoms with Crippen LogP contribution in [0.4, 0.5) is 11.6 Å². The Bertz CT molecular complexity index is 671. The molecule has 0 aliphatic heterocycles. The number of carbonyl (C=O) groups is 1. The molecule has 0 spiro atoms. The standard InChI is InChI=1S/C17H22N4O2/c1-5-11(2)18-17-19-12(3)10-15(21-17)16(22)20-13-6-8-14(23-4)9-7-13/h6-11H,5H2,1-4H3,(H,20,22)(H,18,19,21). The summed E-state index contributed by atoms with van der Waals surface area (Å²) in [7, 11) is 1.60. The lowest BCUT2D eigenvalue weighted by molar-refractivity contribution is 0.102. The number of anilines is 2. The van der Waals surface area contributed by atoms with Gasteiger partial charge in [-0.05, 0) is 50.6 Å². The van der Waals surface area contributed by atoms with E-state index in [4.69, 9.17) is 4.74 Å². The van der Waals surface area contributed by atoms with Gasteiger partial charge < -0.3 is 15.4 Å². The third kappa shape index (κ3) is 4.67. The van der Waals surface area contributed by atoms with Crippen molar-refractivity contribution in [1.29, 1.82) is 0 Å². The van der Waals surface area contributed by atoms with E-state index in [0.717, 1.165) is 17.9 Å². The van der Waals surface area contributed by atoms with Crippen molar-refractivity contribution >= 4 is 17.5 Å². The van der Waals surface area contributed by atoms with Crippen LogP contribution in [-0.2, 0) is 0 Å². The Morgan fingerprint density at radius 1 is 1.26 bits per heavy atom. The van der Waals surface area contributed by atoms with E-state index >= 15 is 0 Å². The first-order chi connectivity index (χ1) is 11.0. The molecule has 6 heteroatoms. The summed E-state index contributed by atoms with van der Waals surface area (Å²) in [5, 5.41) is 6.01. The Morgan fingerprint density at radius 3 is 2.57 bits per heavy atom. The number of hydrogen-bond donors (Lipinski definition) is 2. The molecular weight excluding hydrogens is 292 g/mol. The Balaban J connectivity index is 2.14. The van der Waals surface area contributed by atoms with Gasteiger partial charge >= 0.3 is 0 Å². The average Bonchev–Trinajstić information content (AvgIpc) is 2.54. The number of rotatable bonds is 6. The quantitative estimate of drug-likeness (QED) is 0.856. The lowest BCUT2D eigenvalue weighted by atomic mass is 10.2. The van der Waals surface area contributed by atoms with Crippen molar-refractivity contribution in [2.24, 2.45) is 0 Å². The molecule has 6 nitrogen and oxygen atoms in total. The van der Waals surface area contributed by atoms with Gasteiger partial charge in [-0.2, -0.15) is 0 Å². The van der Waals surface area contributed by atoms with Gasteiger partial charge in [0.1, 0.15) is 11.4 Å². The van der Waals surface area contributed by atoms with E-state index in [9.17, 15) is 4.79 Å². The van der Waals surface area contributed by atoms with Crippen molar-refractivity contribution in [2.45, 2.75) is 33.2 Å². The minimum Gasteiger partial charge on any atom is -0.497 e. The van der Waals surface area contributed by atoms with Crippen LogP contribution in [0.1, 0.15) is 36.5 Å². The number of ether oxygens (including phenoxy) is 1. The highest BCUT2D eigenvalue weighted by atomic mass is 16.5. The van der Waals surface area contributed by atoms with Gasteiger partial charge in [0.15, 0.2) is 0 Å². The number of benzene rings is 1. The van der Waals surface area contributed by atoms with Gasteiger partial charge in [-0.25, -0.2) is 9.97 Å². The van der Waals surface area contributed by atoms with Gasteiger partial charge in [0, 0.05) is 17.4 Å². The normalized spacial score (nSPS) is 11.7. The highest BCUT2D eigenvalue weighted by molar-refractivity contribution is 6.03. The molecule has 1 amide bonds. The van der Waals surface area contributed by atoms with Crippen molar-refractivity contribution in [2.75, 3.05) is 17.7 Å². The maximum Gasteiger partial charge on any atom is 0.274 e. The van der Waals surface area contributed by atoms with E-state index < -0.39 is 0 Å². The van der Waals surface area contributed by atoms with Crippen molar-refractivity contribution < 1.29 is 9.53 Å². The zero-order valence-corrected chi connectivity index (χ0v) is 13.9. The summed E-state index contributed by atoms with van der Waals surface area (Å²) in [5.74, 6) is 0.938. The first kappa shape index (κ1) is 16.7. The lowest BCUT2D eigenvalue weighted by Crippen LogP contribution is -2.19. The molecule has 2 aromatic rings. The number of aryl methyl sites for hydroxylation is 1. The summed E-state index contributed by atoms with van der Waals surface area (Å²) >= 11 is 0. The molecule has 23 heavy (non-hydrogen) atoms. The third-order valence-electron chi connectivity index (χ3n) is 3.42. The number of amides is 1. The monoisotopic (exact) mass is 314 g/mol. The molecule has 1 heterocycles. The Kier molecular flexibility index (Phi) is 5.51. The zero-order valence-electron chi connectivity index (χ0n) is 13.9. The van der Waals surface area contributed by atoms with Gasteiger partial charge in [0.05, 0.1) is 7.11 Å². The number of carbonyl (C=O) groups excluding carboxylic acids is 1. The van der Waals surface area contributed by atoms with Crippen LogP contribution in [0.15, 0.2) is 30.3 Å². The van der Waals surface area contributed by atoms with Gasteiger partial charge in [0.2, 0.25) is 5.95 Å². The second-order valence-corrected chi connectivity index (χ2v) is 5.35. The van der Waals surface area contributed by atoms with E-state index in [1.54, 1.807) is 37.4 Å². The molecule has 122 valence electrons. The number of methoxy groups -OCH3 is 1. The third-order valence-corrected chi connectivity index (χ3v) is 3.42. The van der Waals surface area contributed by atoms with Crippen LogP contribution in [0.3, 0.4) is 0 Å². The SMILES string of the molecule is CCC(C)Nc1nc(C)cc(C(=O)Nc2ccc(OC)cc2)n1. The maximum atomic E-state index is 12.4. The van der Waals surface area contributed by atoms with E-state index in [2.05, 4.69) is 27.5 Å². The first-order valence-corrected chi connectivity index (χ1v) is 7.59. The predicted molar refractivity (Wildman–Crippen MR) is 91.1 cm³/mol. The summed E-state index contributed by atoms with van der Waals surface area (Å²) in [6.07, 6.45) is 0.949. The number of hydrogen-bond acceptors (Lipinski definition) is 5. The van der Waals surface area contributed by atoms with Gasteiger partial charge in [0.25, 0.3) is 5.91 Å². The molecule has 0 saturated carbocycles. The molecule has 1 unspecified atom stereocenters. The fraction of sp³-hybridized carbons (Fsp3) is 0.353. The van der Waals surface area contributed by atoms with Crippen LogP contribution in [0, 0.1) is 6.92 Å². The minimum atomic E-state index is -0.270. The van der Waals surface area contributed by atoms with E-state index in [-0.39, 0.29) is 11.9 Å². The van der Waals surface area contributed by atoms with Crippen LogP contribution in [-0.4, -0.2) is 29.0 Å². The van der Waals surface area contributed by atoms with E-state index in [1.807, 2.05) is 13.8 Å². The first-order valence-electron chi connectivity index (χ1n) is 7.59. The van der Waals surface area contributed by atoms with Crippen molar-refractivity contribution in [3.63, 3.8) is 0 Å². The number of nitrogens with zero attached hydrogens (tertiary/aromatic N) is 2. The molecule has 0 saturated heterocycles. The second kappa shape index (κ2) is 7.58. The van der Waals surface area contributed by atoms with Crippen molar-refractivity contribution in [3.05, 3.63) is 41.7 Å². The largest absolute Gasteiger partial charge is 0.497 e. The van der Waals surface area contributed by atoms with Gasteiger partial charge in [-0.3, -0.25) is 4.79 Å². The zero-order chi connectivity index (χ0) is 16.8. The number of aromatic nitrogens is 2. The van der Waals surface area contributed by atoms with Gasteiger partial charge in [-0.15, -0.1) is 0 Å². The maximum absolute atomic E-state index is 12.4. The topological polar surface area (TPSA) is 76.1 Å². The molecule has 0 radical (unpaired) electrons. The molecule has 0 fully saturated rings. The molecule has 1 atom stereocenters. The summed E-state index contributed by atoms with van der Waals surface area (Å²) < 4.78 is 5.10. The smallest absolute Gasteiger partial charge is 0.274 e. The predicted octanol–water partition coefficient (Wildman–Crippen LogP) is 3.26. The Morgan fingerprint density at radius 2 is 1.96 bits per heavy atom. The minimum absolute atomic E-state index is 0.245. The summed E-state index contributed by atoms with van der Waals surface area (Å²) in [6.45, 7) is 5.96. The van der Waals surface area contributed by atoms with Crippen molar-refractivity contribution in [3.8, 4) is 5.75 Å². The summed E-state index contributed by atoms with van der Waals surface area (Å²) in [5.41, 5.74) is 1.76. The van der Waals surface area contributed by atoms with E-state index in [1.165, 1.54) is 0 Å². The van der Waals surface area contributed by atoms with Crippen molar-refractivity contribution in [1.82, 2.24) is 9.97 Å². The fourth-order valence-electron chi connectivity index (χ4n) is 1.94. The Labute approximate surface area is 136 Å². The van der Waals surface area contributed by atoms with Crippen LogP contribution in [0.2, 0.25) is 0 Å². The molecule has 2 rings (SSSR count). The summed E-state index contributed by atoms with van der Waals surface area (Å²) in [4.78, 5) is 21.0. The van der Waals surface area contributed by atoms with Crippen LogP contribution in [0.5, 0.6) is 5.75 Å². The molecule has 1 aromatic carbocycles. The molecule has 0 aliphatic carbocycles. The van der Waals surface area contributed by atoms with Gasteiger partial charge in [-0.1, -0.05) is 6.92 Å². The molecule has 0 aliphatic rings. The number of nitrogens with one attached hydrogen (secondary N) is 2. The highest BCUT2D eigenvalue weighted by Crippen LogP contribution is 2.16.